The van der Waals surface area contributed by atoms with Gasteiger partial charge in [-0.3, -0.25) is 0 Å². The Kier molecular flexibility index (Phi) is 3.46. The summed E-state index contributed by atoms with van der Waals surface area (Å²) in [5.41, 5.74) is 1.63. The molecule has 1 N–H and O–H groups in total. The number of aromatic nitrogens is 2. The Hall–Kier alpha value is -1.37. The molecule has 2 rings (SSSR count). The zero-order valence-corrected chi connectivity index (χ0v) is 11.1. The molecule has 92 valence electrons. The maximum absolute atomic E-state index is 10.8. The molecule has 0 aromatic carbocycles. The van der Waals surface area contributed by atoms with E-state index in [-0.39, 0.29) is 12.7 Å². The first-order chi connectivity index (χ1) is 8.06. The van der Waals surface area contributed by atoms with E-state index in [2.05, 4.69) is 31.2 Å². The van der Waals surface area contributed by atoms with Crippen LogP contribution in [0.25, 0.3) is 0 Å². The highest BCUT2D eigenvalue weighted by molar-refractivity contribution is 9.10. The maximum atomic E-state index is 10.8. The average Bonchev–Trinajstić information content (AvgIpc) is 2.69. The van der Waals surface area contributed by atoms with Gasteiger partial charge in [0.25, 0.3) is 0 Å². The number of hydrogen-bond donors (Lipinski definition) is 1. The number of ether oxygens (including phenoxy) is 2. The molecule has 2 heterocycles. The summed E-state index contributed by atoms with van der Waals surface area (Å²) in [5, 5.41) is 2.55. The number of alkyl carbamates (subject to hydrolysis) is 1. The molecule has 7 heteroatoms. The first-order valence-corrected chi connectivity index (χ1v) is 5.93. The van der Waals surface area contributed by atoms with E-state index in [4.69, 9.17) is 9.47 Å². The molecule has 0 saturated carbocycles. The number of nitrogens with one attached hydrogen (secondary N) is 1. The minimum Gasteiger partial charge on any atom is -0.459 e. The molecule has 1 aliphatic rings. The van der Waals surface area contributed by atoms with Gasteiger partial charge in [0.15, 0.2) is 6.10 Å². The third-order valence-corrected chi connectivity index (χ3v) is 3.46. The molecule has 1 unspecified atom stereocenters. The summed E-state index contributed by atoms with van der Waals surface area (Å²) in [6.07, 6.45) is -0.696. The van der Waals surface area contributed by atoms with Crippen LogP contribution in [0.3, 0.4) is 0 Å². The summed E-state index contributed by atoms with van der Waals surface area (Å²) in [6.45, 7) is 4.43. The van der Waals surface area contributed by atoms with Gasteiger partial charge >= 0.3 is 12.1 Å². The monoisotopic (exact) mass is 301 g/mol. The number of cyclic esters (lactones) is 1. The lowest BCUT2D eigenvalue weighted by Crippen LogP contribution is -2.22. The molecular formula is C10H12BrN3O3. The van der Waals surface area contributed by atoms with E-state index in [9.17, 15) is 4.79 Å². The lowest BCUT2D eigenvalue weighted by Gasteiger charge is -2.10. The third-order valence-electron chi connectivity index (χ3n) is 2.31. The minimum absolute atomic E-state index is 0.249. The number of carbonyl (C=O) groups is 1. The van der Waals surface area contributed by atoms with Crippen molar-refractivity contribution in [2.45, 2.75) is 20.0 Å². The van der Waals surface area contributed by atoms with Crippen molar-refractivity contribution in [3.8, 4) is 6.01 Å². The zero-order chi connectivity index (χ0) is 12.4. The molecule has 6 nitrogen and oxygen atoms in total. The van der Waals surface area contributed by atoms with Crippen LogP contribution in [0.2, 0.25) is 0 Å². The van der Waals surface area contributed by atoms with Crippen LogP contribution in [0.1, 0.15) is 11.4 Å². The van der Waals surface area contributed by atoms with Crippen LogP contribution in [0.15, 0.2) is 4.47 Å². The van der Waals surface area contributed by atoms with Gasteiger partial charge in [0.2, 0.25) is 0 Å². The normalized spacial score (nSPS) is 18.8. The zero-order valence-electron chi connectivity index (χ0n) is 9.49. The fourth-order valence-electron chi connectivity index (χ4n) is 1.43. The van der Waals surface area contributed by atoms with Crippen LogP contribution in [-0.2, 0) is 4.74 Å². The Labute approximate surface area is 107 Å². The van der Waals surface area contributed by atoms with E-state index in [1.807, 2.05) is 13.8 Å². The number of aryl methyl sites for hydroxylation is 2. The molecule has 1 atom stereocenters. The number of halogens is 1. The first-order valence-electron chi connectivity index (χ1n) is 5.14. The lowest BCUT2D eigenvalue weighted by atomic mass is 10.3. The Morgan fingerprint density at radius 3 is 2.65 bits per heavy atom. The standard InChI is InChI=1S/C10H12BrN3O3/c1-5-8(11)6(2)14-9(13-5)16-4-7-3-12-10(15)17-7/h7H,3-4H2,1-2H3,(H,12,15). The first kappa shape index (κ1) is 12.1. The van der Waals surface area contributed by atoms with Gasteiger partial charge in [-0.05, 0) is 29.8 Å². The number of carbonyl (C=O) groups excluding carboxylic acids is 1. The Bertz CT molecular complexity index is 429. The van der Waals surface area contributed by atoms with Gasteiger partial charge < -0.3 is 14.8 Å². The Morgan fingerprint density at radius 2 is 2.12 bits per heavy atom. The predicted octanol–water partition coefficient (Wildman–Crippen LogP) is 1.34. The van der Waals surface area contributed by atoms with Crippen molar-refractivity contribution in [3.63, 3.8) is 0 Å². The van der Waals surface area contributed by atoms with Gasteiger partial charge in [-0.25, -0.2) is 4.79 Å². The van der Waals surface area contributed by atoms with E-state index in [0.717, 1.165) is 15.9 Å². The molecule has 1 aromatic heterocycles. The Balaban J connectivity index is 1.97. The highest BCUT2D eigenvalue weighted by atomic mass is 79.9. The van der Waals surface area contributed by atoms with Crippen molar-refractivity contribution in [1.29, 1.82) is 0 Å². The second-order valence-electron chi connectivity index (χ2n) is 3.71. The van der Waals surface area contributed by atoms with Gasteiger partial charge in [-0.1, -0.05) is 0 Å². The van der Waals surface area contributed by atoms with Crippen molar-refractivity contribution < 1.29 is 14.3 Å². The number of hydrogen-bond acceptors (Lipinski definition) is 5. The molecule has 0 bridgehead atoms. The van der Waals surface area contributed by atoms with E-state index in [0.29, 0.717) is 12.6 Å². The van der Waals surface area contributed by atoms with Crippen molar-refractivity contribution in [3.05, 3.63) is 15.9 Å². The lowest BCUT2D eigenvalue weighted by molar-refractivity contribution is 0.101. The Morgan fingerprint density at radius 1 is 1.47 bits per heavy atom. The van der Waals surface area contributed by atoms with E-state index >= 15 is 0 Å². The fraction of sp³-hybridized carbons (Fsp3) is 0.500. The highest BCUT2D eigenvalue weighted by Gasteiger charge is 2.23. The number of rotatable bonds is 3. The van der Waals surface area contributed by atoms with E-state index < -0.39 is 6.09 Å². The quantitative estimate of drug-likeness (QED) is 0.912. The van der Waals surface area contributed by atoms with Gasteiger partial charge in [0, 0.05) is 0 Å². The average molecular weight is 302 g/mol. The van der Waals surface area contributed by atoms with Gasteiger partial charge in [-0.2, -0.15) is 9.97 Å². The maximum Gasteiger partial charge on any atom is 0.407 e. The molecule has 0 radical (unpaired) electrons. The largest absolute Gasteiger partial charge is 0.459 e. The van der Waals surface area contributed by atoms with Crippen molar-refractivity contribution in [1.82, 2.24) is 15.3 Å². The smallest absolute Gasteiger partial charge is 0.407 e. The molecule has 0 aliphatic carbocycles. The van der Waals surface area contributed by atoms with Crippen molar-refractivity contribution in [2.24, 2.45) is 0 Å². The van der Waals surface area contributed by atoms with Crippen LogP contribution >= 0.6 is 15.9 Å². The molecule has 1 aromatic rings. The summed E-state index contributed by atoms with van der Waals surface area (Å²) in [5.74, 6) is 0. The summed E-state index contributed by atoms with van der Waals surface area (Å²) in [6, 6.07) is 0.297. The molecule has 17 heavy (non-hydrogen) atoms. The third kappa shape index (κ3) is 2.85. The number of nitrogens with zero attached hydrogens (tertiary/aromatic N) is 2. The predicted molar refractivity (Wildman–Crippen MR) is 63.0 cm³/mol. The van der Waals surface area contributed by atoms with Crippen LogP contribution in [0, 0.1) is 13.8 Å². The second-order valence-corrected chi connectivity index (χ2v) is 4.50. The molecule has 1 saturated heterocycles. The summed E-state index contributed by atoms with van der Waals surface area (Å²) in [4.78, 5) is 19.1. The fourth-order valence-corrected chi connectivity index (χ4v) is 1.61. The van der Waals surface area contributed by atoms with Crippen molar-refractivity contribution >= 4 is 22.0 Å². The molecule has 1 amide bonds. The van der Waals surface area contributed by atoms with Gasteiger partial charge in [-0.15, -0.1) is 0 Å². The molecule has 1 fully saturated rings. The van der Waals surface area contributed by atoms with Gasteiger partial charge in [0.1, 0.15) is 6.61 Å². The van der Waals surface area contributed by atoms with Crippen molar-refractivity contribution in [2.75, 3.05) is 13.2 Å². The van der Waals surface area contributed by atoms with Crippen LogP contribution in [0.5, 0.6) is 6.01 Å². The molecule has 0 spiro atoms. The summed E-state index contributed by atoms with van der Waals surface area (Å²) in [7, 11) is 0. The molecule has 1 aliphatic heterocycles. The molecular weight excluding hydrogens is 290 g/mol. The summed E-state index contributed by atoms with van der Waals surface area (Å²) >= 11 is 3.38. The van der Waals surface area contributed by atoms with Gasteiger partial charge in [0.05, 0.1) is 22.4 Å². The minimum atomic E-state index is -0.414. The van der Waals surface area contributed by atoms with Crippen LogP contribution in [-0.4, -0.2) is 35.3 Å². The van der Waals surface area contributed by atoms with E-state index in [1.165, 1.54) is 0 Å². The topological polar surface area (TPSA) is 73.3 Å². The highest BCUT2D eigenvalue weighted by Crippen LogP contribution is 2.19. The van der Waals surface area contributed by atoms with E-state index in [1.54, 1.807) is 0 Å². The summed E-state index contributed by atoms with van der Waals surface area (Å²) < 4.78 is 11.2. The second kappa shape index (κ2) is 4.87. The van der Waals surface area contributed by atoms with Crippen LogP contribution in [0.4, 0.5) is 4.79 Å². The number of amides is 1. The van der Waals surface area contributed by atoms with Crippen LogP contribution < -0.4 is 10.1 Å². The SMILES string of the molecule is Cc1nc(OCC2CNC(=O)O2)nc(C)c1Br.